The number of aliphatic hydroxyl groups is 1. The van der Waals surface area contributed by atoms with Gasteiger partial charge in [0.2, 0.25) is 5.91 Å². The van der Waals surface area contributed by atoms with Crippen LogP contribution in [-0.4, -0.2) is 60.7 Å². The molecule has 0 aromatic heterocycles. The minimum atomic E-state index is 0.153. The van der Waals surface area contributed by atoms with Gasteiger partial charge in [0.25, 0.3) is 0 Å². The van der Waals surface area contributed by atoms with E-state index in [2.05, 4.69) is 30.0 Å². The molecule has 1 aromatic carbocycles. The molecule has 1 amide bonds. The first-order valence-corrected chi connectivity index (χ1v) is 9.80. The lowest BCUT2D eigenvalue weighted by Crippen LogP contribution is -2.54. The van der Waals surface area contributed by atoms with Crippen molar-refractivity contribution in [3.05, 3.63) is 29.3 Å². The number of aliphatic hydroxyl groups excluding tert-OH is 1. The number of hydrogen-bond donors (Lipinski definition) is 1. The van der Waals surface area contributed by atoms with Crippen molar-refractivity contribution in [2.45, 2.75) is 45.6 Å². The topological polar surface area (TPSA) is 53.0 Å². The molecule has 0 aliphatic carbocycles. The molecule has 0 radical (unpaired) electrons. The SMILES string of the molecule is COc1ccc(CN2CCC[C@@]3(CCC(=O)N(CCCO)C3)C2)cc1C. The Labute approximate surface area is 156 Å². The van der Waals surface area contributed by atoms with Gasteiger partial charge in [0.1, 0.15) is 5.75 Å². The van der Waals surface area contributed by atoms with Gasteiger partial charge in [0.15, 0.2) is 0 Å². The van der Waals surface area contributed by atoms with Crippen molar-refractivity contribution in [1.29, 1.82) is 0 Å². The van der Waals surface area contributed by atoms with E-state index in [-0.39, 0.29) is 17.9 Å². The van der Waals surface area contributed by atoms with Crippen LogP contribution < -0.4 is 4.74 Å². The van der Waals surface area contributed by atoms with Crippen molar-refractivity contribution in [3.63, 3.8) is 0 Å². The number of carbonyl (C=O) groups excluding carboxylic acids is 1. The van der Waals surface area contributed by atoms with Crippen molar-refractivity contribution < 1.29 is 14.6 Å². The zero-order chi connectivity index (χ0) is 18.6. The lowest BCUT2D eigenvalue weighted by molar-refractivity contribution is -0.139. The summed E-state index contributed by atoms with van der Waals surface area (Å²) >= 11 is 0. The summed E-state index contributed by atoms with van der Waals surface area (Å²) in [4.78, 5) is 16.7. The average molecular weight is 360 g/mol. The first-order chi connectivity index (χ1) is 12.5. The number of amides is 1. The van der Waals surface area contributed by atoms with Gasteiger partial charge in [-0.05, 0) is 56.3 Å². The Kier molecular flexibility index (Phi) is 6.20. The normalized spacial score (nSPS) is 24.3. The van der Waals surface area contributed by atoms with Crippen LogP contribution in [0.15, 0.2) is 18.2 Å². The Morgan fingerprint density at radius 3 is 2.85 bits per heavy atom. The van der Waals surface area contributed by atoms with Gasteiger partial charge in [-0.1, -0.05) is 12.1 Å². The zero-order valence-corrected chi connectivity index (χ0v) is 16.2. The third kappa shape index (κ3) is 4.38. The number of rotatable bonds is 6. The molecule has 0 bridgehead atoms. The Morgan fingerprint density at radius 2 is 2.12 bits per heavy atom. The number of aryl methyl sites for hydroxylation is 1. The third-order valence-electron chi connectivity index (χ3n) is 5.94. The predicted molar refractivity (Wildman–Crippen MR) is 102 cm³/mol. The largest absolute Gasteiger partial charge is 0.496 e. The average Bonchev–Trinajstić information content (AvgIpc) is 2.63. The van der Waals surface area contributed by atoms with Crippen LogP contribution in [0.5, 0.6) is 5.75 Å². The molecule has 2 heterocycles. The number of hydrogen-bond acceptors (Lipinski definition) is 4. The number of piperidine rings is 2. The molecule has 1 aromatic rings. The van der Waals surface area contributed by atoms with E-state index in [1.54, 1.807) is 7.11 Å². The van der Waals surface area contributed by atoms with E-state index in [0.717, 1.165) is 38.3 Å². The molecule has 2 fully saturated rings. The molecule has 2 saturated heterocycles. The number of benzene rings is 1. The summed E-state index contributed by atoms with van der Waals surface area (Å²) in [6, 6.07) is 6.43. The van der Waals surface area contributed by atoms with Crippen LogP contribution in [0.25, 0.3) is 0 Å². The van der Waals surface area contributed by atoms with Crippen LogP contribution in [0.3, 0.4) is 0 Å². The minimum absolute atomic E-state index is 0.153. The molecule has 26 heavy (non-hydrogen) atoms. The van der Waals surface area contributed by atoms with Gasteiger partial charge in [-0.3, -0.25) is 9.69 Å². The van der Waals surface area contributed by atoms with E-state index in [9.17, 15) is 4.79 Å². The summed E-state index contributed by atoms with van der Waals surface area (Å²) in [6.07, 6.45) is 4.72. The van der Waals surface area contributed by atoms with E-state index < -0.39 is 0 Å². The summed E-state index contributed by atoms with van der Waals surface area (Å²) in [6.45, 7) is 6.92. The van der Waals surface area contributed by atoms with Gasteiger partial charge in [0, 0.05) is 44.6 Å². The first-order valence-electron chi connectivity index (χ1n) is 9.80. The number of carbonyl (C=O) groups is 1. The summed E-state index contributed by atoms with van der Waals surface area (Å²) in [5.41, 5.74) is 2.72. The van der Waals surface area contributed by atoms with Crippen LogP contribution in [-0.2, 0) is 11.3 Å². The Morgan fingerprint density at radius 1 is 1.27 bits per heavy atom. The van der Waals surface area contributed by atoms with E-state index in [1.165, 1.54) is 24.0 Å². The molecule has 0 saturated carbocycles. The maximum Gasteiger partial charge on any atom is 0.222 e. The molecular weight excluding hydrogens is 328 g/mol. The monoisotopic (exact) mass is 360 g/mol. The van der Waals surface area contributed by atoms with Crippen molar-refractivity contribution in [2.24, 2.45) is 5.41 Å². The summed E-state index contributed by atoms with van der Waals surface area (Å²) < 4.78 is 5.37. The number of nitrogens with zero attached hydrogens (tertiary/aromatic N) is 2. The zero-order valence-electron chi connectivity index (χ0n) is 16.2. The van der Waals surface area contributed by atoms with Crippen LogP contribution in [0.2, 0.25) is 0 Å². The highest BCUT2D eigenvalue weighted by Crippen LogP contribution is 2.39. The molecule has 5 nitrogen and oxygen atoms in total. The van der Waals surface area contributed by atoms with Crippen LogP contribution in [0.1, 0.15) is 43.2 Å². The van der Waals surface area contributed by atoms with E-state index >= 15 is 0 Å². The molecule has 2 aliphatic rings. The maximum absolute atomic E-state index is 12.2. The third-order valence-corrected chi connectivity index (χ3v) is 5.94. The van der Waals surface area contributed by atoms with Crippen molar-refractivity contribution in [1.82, 2.24) is 9.80 Å². The maximum atomic E-state index is 12.2. The second-order valence-electron chi connectivity index (χ2n) is 8.01. The fourth-order valence-electron chi connectivity index (χ4n) is 4.64. The summed E-state index contributed by atoms with van der Waals surface area (Å²) in [5, 5.41) is 9.10. The van der Waals surface area contributed by atoms with Crippen molar-refractivity contribution in [3.8, 4) is 5.75 Å². The predicted octanol–water partition coefficient (Wildman–Crippen LogP) is 2.59. The van der Waals surface area contributed by atoms with E-state index in [0.29, 0.717) is 19.4 Å². The molecule has 5 heteroatoms. The van der Waals surface area contributed by atoms with Crippen LogP contribution >= 0.6 is 0 Å². The second kappa shape index (κ2) is 8.40. The Hall–Kier alpha value is -1.59. The van der Waals surface area contributed by atoms with Gasteiger partial charge in [-0.2, -0.15) is 0 Å². The standard InChI is InChI=1S/C21H32N2O3/c1-17-13-18(5-6-19(17)26-2)14-22-10-3-8-21(15-22)9-7-20(25)23(16-21)11-4-12-24/h5-6,13,24H,3-4,7-12,14-16H2,1-2H3/t21-/m1/s1. The van der Waals surface area contributed by atoms with Gasteiger partial charge in [0.05, 0.1) is 7.11 Å². The lowest BCUT2D eigenvalue weighted by atomic mass is 9.73. The van der Waals surface area contributed by atoms with E-state index in [1.807, 2.05) is 4.90 Å². The Bertz CT molecular complexity index is 634. The highest BCUT2D eigenvalue weighted by molar-refractivity contribution is 5.77. The van der Waals surface area contributed by atoms with Crippen molar-refractivity contribution >= 4 is 5.91 Å². The van der Waals surface area contributed by atoms with E-state index in [4.69, 9.17) is 9.84 Å². The molecule has 1 spiro atoms. The smallest absolute Gasteiger partial charge is 0.222 e. The highest BCUT2D eigenvalue weighted by Gasteiger charge is 2.41. The van der Waals surface area contributed by atoms with Gasteiger partial charge in [-0.25, -0.2) is 0 Å². The fourth-order valence-corrected chi connectivity index (χ4v) is 4.64. The highest BCUT2D eigenvalue weighted by atomic mass is 16.5. The summed E-state index contributed by atoms with van der Waals surface area (Å²) in [5.74, 6) is 1.20. The number of likely N-dealkylation sites (tertiary alicyclic amines) is 2. The quantitative estimate of drug-likeness (QED) is 0.847. The number of ether oxygens (including phenoxy) is 1. The summed E-state index contributed by atoms with van der Waals surface area (Å²) in [7, 11) is 1.71. The molecule has 0 unspecified atom stereocenters. The number of methoxy groups -OCH3 is 1. The first kappa shape index (κ1) is 19.2. The van der Waals surface area contributed by atoms with Gasteiger partial charge < -0.3 is 14.7 Å². The molecule has 1 atom stereocenters. The van der Waals surface area contributed by atoms with Crippen LogP contribution in [0.4, 0.5) is 0 Å². The molecule has 1 N–H and O–H groups in total. The van der Waals surface area contributed by atoms with Gasteiger partial charge in [-0.15, -0.1) is 0 Å². The molecule has 3 rings (SSSR count). The fraction of sp³-hybridized carbons (Fsp3) is 0.667. The molecule has 144 valence electrons. The minimum Gasteiger partial charge on any atom is -0.496 e. The van der Waals surface area contributed by atoms with Crippen molar-refractivity contribution in [2.75, 3.05) is 39.9 Å². The van der Waals surface area contributed by atoms with Gasteiger partial charge >= 0.3 is 0 Å². The molecule has 2 aliphatic heterocycles. The molecular formula is C21H32N2O3. The lowest BCUT2D eigenvalue weighted by Gasteiger charge is -2.48. The second-order valence-corrected chi connectivity index (χ2v) is 8.01. The van der Waals surface area contributed by atoms with Crippen LogP contribution in [0, 0.1) is 12.3 Å². The Balaban J connectivity index is 1.65.